The molecule has 1 saturated carbocycles. The van der Waals surface area contributed by atoms with Gasteiger partial charge in [-0.2, -0.15) is 0 Å². The van der Waals surface area contributed by atoms with Crippen LogP contribution in [0.3, 0.4) is 0 Å². The molecule has 1 amide bonds. The summed E-state index contributed by atoms with van der Waals surface area (Å²) in [6, 6.07) is 4.45. The van der Waals surface area contributed by atoms with Gasteiger partial charge in [0.1, 0.15) is 0 Å². The van der Waals surface area contributed by atoms with Crippen LogP contribution in [-0.2, 0) is 11.2 Å². The zero-order valence-corrected chi connectivity index (χ0v) is 11.8. The van der Waals surface area contributed by atoms with Crippen LogP contribution in [0.1, 0.15) is 30.6 Å². The lowest BCUT2D eigenvalue weighted by molar-refractivity contribution is -0.132. The maximum absolute atomic E-state index is 12.1. The van der Waals surface area contributed by atoms with Gasteiger partial charge in [0, 0.05) is 30.9 Å². The summed E-state index contributed by atoms with van der Waals surface area (Å²) in [5.41, 5.74) is 5.77. The SMILES string of the molecule is CN(C(=O)CCCc1cccs1)C(CN)C1CC1. The van der Waals surface area contributed by atoms with E-state index in [1.165, 1.54) is 17.7 Å². The molecule has 0 saturated heterocycles. The molecule has 3 nitrogen and oxygen atoms in total. The minimum Gasteiger partial charge on any atom is -0.341 e. The molecule has 1 fully saturated rings. The number of likely N-dealkylation sites (N-methyl/N-ethyl adjacent to an activating group) is 1. The Morgan fingerprint density at radius 1 is 1.61 bits per heavy atom. The highest BCUT2D eigenvalue weighted by molar-refractivity contribution is 7.09. The Bertz CT molecular complexity index is 373. The number of thiophene rings is 1. The highest BCUT2D eigenvalue weighted by Crippen LogP contribution is 2.34. The van der Waals surface area contributed by atoms with Crippen molar-refractivity contribution in [1.82, 2.24) is 4.90 Å². The van der Waals surface area contributed by atoms with Gasteiger partial charge in [0.15, 0.2) is 0 Å². The second kappa shape index (κ2) is 6.34. The minimum absolute atomic E-state index is 0.244. The predicted molar refractivity (Wildman–Crippen MR) is 75.6 cm³/mol. The molecule has 4 heteroatoms. The number of nitrogens with two attached hydrogens (primary N) is 1. The fourth-order valence-corrected chi connectivity index (χ4v) is 3.13. The van der Waals surface area contributed by atoms with Crippen LogP contribution in [0.25, 0.3) is 0 Å². The normalized spacial score (nSPS) is 16.6. The van der Waals surface area contributed by atoms with Crippen LogP contribution in [0.4, 0.5) is 0 Å². The summed E-state index contributed by atoms with van der Waals surface area (Å²) in [6.45, 7) is 0.595. The summed E-state index contributed by atoms with van der Waals surface area (Å²) in [6.07, 6.45) is 5.04. The van der Waals surface area contributed by atoms with Crippen LogP contribution in [0.5, 0.6) is 0 Å². The van der Waals surface area contributed by atoms with Crippen LogP contribution in [0.2, 0.25) is 0 Å². The van der Waals surface area contributed by atoms with E-state index in [1.807, 2.05) is 11.9 Å². The Morgan fingerprint density at radius 2 is 2.39 bits per heavy atom. The standard InChI is InChI=1S/C14H22N2OS/c1-16(13(10-15)11-7-8-11)14(17)6-2-4-12-5-3-9-18-12/h3,5,9,11,13H,2,4,6-8,10,15H2,1H3. The molecule has 1 aliphatic carbocycles. The molecule has 0 radical (unpaired) electrons. The van der Waals surface area contributed by atoms with Gasteiger partial charge >= 0.3 is 0 Å². The Labute approximate surface area is 113 Å². The fourth-order valence-electron chi connectivity index (χ4n) is 2.38. The van der Waals surface area contributed by atoms with E-state index in [1.54, 1.807) is 11.3 Å². The summed E-state index contributed by atoms with van der Waals surface area (Å²) < 4.78 is 0. The monoisotopic (exact) mass is 266 g/mol. The molecule has 100 valence electrons. The van der Waals surface area contributed by atoms with Crippen molar-refractivity contribution in [3.63, 3.8) is 0 Å². The molecule has 0 spiro atoms. The number of hydrogen-bond acceptors (Lipinski definition) is 3. The van der Waals surface area contributed by atoms with E-state index in [9.17, 15) is 4.79 Å². The molecule has 1 aromatic heterocycles. The molecular formula is C14H22N2OS. The first-order valence-electron chi connectivity index (χ1n) is 6.70. The quantitative estimate of drug-likeness (QED) is 0.823. The molecule has 1 heterocycles. The van der Waals surface area contributed by atoms with E-state index in [0.29, 0.717) is 18.9 Å². The predicted octanol–water partition coefficient (Wildman–Crippen LogP) is 2.27. The highest BCUT2D eigenvalue weighted by Gasteiger charge is 2.34. The maximum Gasteiger partial charge on any atom is 0.222 e. The molecular weight excluding hydrogens is 244 g/mol. The van der Waals surface area contributed by atoms with E-state index in [4.69, 9.17) is 5.73 Å². The molecule has 0 aromatic carbocycles. The van der Waals surface area contributed by atoms with Crippen LogP contribution in [0, 0.1) is 5.92 Å². The van der Waals surface area contributed by atoms with Crippen molar-refractivity contribution in [3.05, 3.63) is 22.4 Å². The molecule has 0 bridgehead atoms. The Hall–Kier alpha value is -0.870. The third-order valence-electron chi connectivity index (χ3n) is 3.69. The summed E-state index contributed by atoms with van der Waals surface area (Å²) in [7, 11) is 1.91. The molecule has 2 N–H and O–H groups in total. The van der Waals surface area contributed by atoms with Gasteiger partial charge in [0.05, 0.1) is 0 Å². The number of carbonyl (C=O) groups excluding carboxylic acids is 1. The van der Waals surface area contributed by atoms with E-state index in [-0.39, 0.29) is 11.9 Å². The Morgan fingerprint density at radius 3 is 2.94 bits per heavy atom. The van der Waals surface area contributed by atoms with Crippen LogP contribution in [-0.4, -0.2) is 30.4 Å². The molecule has 18 heavy (non-hydrogen) atoms. The molecule has 0 aliphatic heterocycles. The number of aryl methyl sites for hydroxylation is 1. The molecule has 1 unspecified atom stereocenters. The van der Waals surface area contributed by atoms with Gasteiger partial charge in [-0.3, -0.25) is 4.79 Å². The number of rotatable bonds is 7. The van der Waals surface area contributed by atoms with Crippen LogP contribution in [0.15, 0.2) is 17.5 Å². The lowest BCUT2D eigenvalue weighted by Crippen LogP contribution is -2.43. The maximum atomic E-state index is 12.1. The van der Waals surface area contributed by atoms with Crippen molar-refractivity contribution < 1.29 is 4.79 Å². The lowest BCUT2D eigenvalue weighted by Gasteiger charge is -2.27. The van der Waals surface area contributed by atoms with Crippen molar-refractivity contribution in [2.75, 3.05) is 13.6 Å². The van der Waals surface area contributed by atoms with Gasteiger partial charge in [-0.15, -0.1) is 11.3 Å². The summed E-state index contributed by atoms with van der Waals surface area (Å²) >= 11 is 1.76. The Balaban J connectivity index is 1.73. The molecule has 2 rings (SSSR count). The minimum atomic E-state index is 0.244. The second-order valence-corrected chi connectivity index (χ2v) is 6.11. The van der Waals surface area contributed by atoms with Crippen molar-refractivity contribution in [2.24, 2.45) is 11.7 Å². The van der Waals surface area contributed by atoms with Gasteiger partial charge < -0.3 is 10.6 Å². The van der Waals surface area contributed by atoms with Gasteiger partial charge in [-0.1, -0.05) is 6.07 Å². The average molecular weight is 266 g/mol. The highest BCUT2D eigenvalue weighted by atomic mass is 32.1. The van der Waals surface area contributed by atoms with Gasteiger partial charge in [-0.25, -0.2) is 0 Å². The fraction of sp³-hybridized carbons (Fsp3) is 0.643. The van der Waals surface area contributed by atoms with Crippen LogP contribution >= 0.6 is 11.3 Å². The van der Waals surface area contributed by atoms with Gasteiger partial charge in [-0.05, 0) is 43.0 Å². The van der Waals surface area contributed by atoms with E-state index in [2.05, 4.69) is 17.5 Å². The van der Waals surface area contributed by atoms with E-state index in [0.717, 1.165) is 12.8 Å². The lowest BCUT2D eigenvalue weighted by atomic mass is 10.1. The second-order valence-electron chi connectivity index (χ2n) is 5.08. The first kappa shape index (κ1) is 13.6. The smallest absolute Gasteiger partial charge is 0.222 e. The van der Waals surface area contributed by atoms with Crippen LogP contribution < -0.4 is 5.73 Å². The number of carbonyl (C=O) groups is 1. The average Bonchev–Trinajstić information content (AvgIpc) is 3.06. The first-order valence-corrected chi connectivity index (χ1v) is 7.58. The van der Waals surface area contributed by atoms with Gasteiger partial charge in [0.2, 0.25) is 5.91 Å². The number of amides is 1. The summed E-state index contributed by atoms with van der Waals surface area (Å²) in [5.74, 6) is 0.898. The third-order valence-corrected chi connectivity index (χ3v) is 4.63. The Kier molecular flexibility index (Phi) is 4.78. The van der Waals surface area contributed by atoms with Gasteiger partial charge in [0.25, 0.3) is 0 Å². The van der Waals surface area contributed by atoms with Crippen molar-refractivity contribution in [2.45, 2.75) is 38.1 Å². The zero-order valence-electron chi connectivity index (χ0n) is 11.0. The molecule has 1 atom stereocenters. The van der Waals surface area contributed by atoms with Crippen molar-refractivity contribution in [3.8, 4) is 0 Å². The topological polar surface area (TPSA) is 46.3 Å². The first-order chi connectivity index (χ1) is 8.72. The van der Waals surface area contributed by atoms with Crippen molar-refractivity contribution >= 4 is 17.2 Å². The van der Waals surface area contributed by atoms with Crippen molar-refractivity contribution in [1.29, 1.82) is 0 Å². The zero-order chi connectivity index (χ0) is 13.0. The summed E-state index contributed by atoms with van der Waals surface area (Å²) in [5, 5.41) is 2.08. The molecule has 1 aromatic rings. The van der Waals surface area contributed by atoms with E-state index < -0.39 is 0 Å². The summed E-state index contributed by atoms with van der Waals surface area (Å²) in [4.78, 5) is 15.3. The third kappa shape index (κ3) is 3.56. The number of nitrogens with zero attached hydrogens (tertiary/aromatic N) is 1. The number of hydrogen-bond donors (Lipinski definition) is 1. The molecule has 1 aliphatic rings. The largest absolute Gasteiger partial charge is 0.341 e. The van der Waals surface area contributed by atoms with E-state index >= 15 is 0 Å².